The van der Waals surface area contributed by atoms with Gasteiger partial charge in [-0.2, -0.15) is 0 Å². The molecule has 2 aliphatic heterocycles. The van der Waals surface area contributed by atoms with E-state index in [1.807, 2.05) is 5.32 Å². The quantitative estimate of drug-likeness (QED) is 0.101. The van der Waals surface area contributed by atoms with Crippen LogP contribution in [0.1, 0.15) is 19.3 Å². The summed E-state index contributed by atoms with van der Waals surface area (Å²) in [6.45, 7) is -2.50. The number of rotatable bonds is 9. The van der Waals surface area contributed by atoms with Crippen molar-refractivity contribution in [2.75, 3.05) is 26.3 Å². The van der Waals surface area contributed by atoms with Gasteiger partial charge in [0, 0.05) is 19.2 Å². The van der Waals surface area contributed by atoms with Gasteiger partial charge in [0.1, 0.15) is 29.9 Å². The highest BCUT2D eigenvalue weighted by molar-refractivity contribution is 6.02. The molecule has 0 saturated carbocycles. The number of hydrogen-bond acceptors (Lipinski definition) is 15. The molecule has 1 fully saturated rings. The van der Waals surface area contributed by atoms with Gasteiger partial charge in [-0.25, -0.2) is 9.79 Å². The normalized spacial score (nSPS) is 27.9. The van der Waals surface area contributed by atoms with Crippen LogP contribution in [0, 0.1) is 0 Å². The van der Waals surface area contributed by atoms with Crippen LogP contribution in [-0.2, 0) is 28.8 Å². The van der Waals surface area contributed by atoms with E-state index in [1.165, 1.54) is 0 Å². The number of carbonyl (C=O) groups excluding carboxylic acids is 7. The molecule has 262 valence electrons. The van der Waals surface area contributed by atoms with Crippen molar-refractivity contribution in [1.29, 1.82) is 0 Å². The van der Waals surface area contributed by atoms with Crippen LogP contribution in [0.4, 0.5) is 4.79 Å². The van der Waals surface area contributed by atoms with Crippen LogP contribution in [0.2, 0.25) is 0 Å². The summed E-state index contributed by atoms with van der Waals surface area (Å²) < 4.78 is 0. The second-order valence-electron chi connectivity index (χ2n) is 10.3. The number of carbonyl (C=O) groups is 7. The zero-order chi connectivity index (χ0) is 35.3. The molecule has 23 nitrogen and oxygen atoms in total. The van der Waals surface area contributed by atoms with Crippen LogP contribution in [0.25, 0.3) is 0 Å². The van der Waals surface area contributed by atoms with Gasteiger partial charge in [0.2, 0.25) is 29.5 Å². The first-order valence-electron chi connectivity index (χ1n) is 14.2. The Kier molecular flexibility index (Phi) is 14.7. The van der Waals surface area contributed by atoms with E-state index in [0.29, 0.717) is 12.6 Å². The van der Waals surface area contributed by atoms with Crippen LogP contribution in [0.15, 0.2) is 16.9 Å². The van der Waals surface area contributed by atoms with Crippen molar-refractivity contribution in [1.82, 2.24) is 42.5 Å². The molecule has 7 atom stereocenters. The first-order chi connectivity index (χ1) is 22.2. The molecule has 0 radical (unpaired) electrons. The van der Waals surface area contributed by atoms with Crippen molar-refractivity contribution in [3.05, 3.63) is 11.9 Å². The second-order valence-corrected chi connectivity index (χ2v) is 10.3. The van der Waals surface area contributed by atoms with Gasteiger partial charge < -0.3 is 80.8 Å². The number of hydrogen-bond donors (Lipinski definition) is 15. The van der Waals surface area contributed by atoms with Crippen molar-refractivity contribution in [2.45, 2.75) is 61.7 Å². The van der Waals surface area contributed by atoms with Crippen LogP contribution in [0.3, 0.4) is 0 Å². The molecular formula is C24H41N13O10. The average Bonchev–Trinajstić information content (AvgIpc) is 3.01. The van der Waals surface area contributed by atoms with Crippen LogP contribution >= 0.6 is 0 Å². The fraction of sp³-hybridized carbons (Fsp3) is 0.583. The number of aliphatic imine (C=N–C) groups is 1. The van der Waals surface area contributed by atoms with Crippen molar-refractivity contribution >= 4 is 47.4 Å². The largest absolute Gasteiger partial charge is 0.394 e. The van der Waals surface area contributed by atoms with Gasteiger partial charge in [-0.15, -0.1) is 0 Å². The first-order valence-corrected chi connectivity index (χ1v) is 14.2. The lowest BCUT2D eigenvalue weighted by atomic mass is 10.0. The molecule has 23 heteroatoms. The highest BCUT2D eigenvalue weighted by atomic mass is 16.3. The van der Waals surface area contributed by atoms with Gasteiger partial charge >= 0.3 is 6.03 Å². The Balaban J connectivity index is 2.57. The molecule has 19 N–H and O–H groups in total. The molecule has 0 aromatic carbocycles. The molecule has 0 spiro atoms. The minimum Gasteiger partial charge on any atom is -0.394 e. The van der Waals surface area contributed by atoms with E-state index in [4.69, 9.17) is 22.9 Å². The fourth-order valence-electron chi connectivity index (χ4n) is 4.24. The van der Waals surface area contributed by atoms with E-state index in [9.17, 15) is 48.9 Å². The van der Waals surface area contributed by atoms with Crippen molar-refractivity contribution in [3.8, 4) is 0 Å². The molecule has 0 aromatic heterocycles. The summed E-state index contributed by atoms with van der Waals surface area (Å²) in [6.07, 6.45) is -0.512. The van der Waals surface area contributed by atoms with Gasteiger partial charge in [0.15, 0.2) is 12.2 Å². The predicted molar refractivity (Wildman–Crippen MR) is 159 cm³/mol. The molecule has 2 rings (SSSR count). The summed E-state index contributed by atoms with van der Waals surface area (Å²) in [5, 5.41) is 47.7. The first kappa shape index (κ1) is 38.1. The number of aliphatic hydroxyl groups excluding tert-OH is 3. The third-order valence-electron chi connectivity index (χ3n) is 6.72. The smallest absolute Gasteiger partial charge is 0.316 e. The maximum Gasteiger partial charge on any atom is 0.316 e. The number of urea groups is 1. The molecule has 2 heterocycles. The van der Waals surface area contributed by atoms with E-state index in [-0.39, 0.29) is 25.3 Å². The Morgan fingerprint density at radius 1 is 0.979 bits per heavy atom. The number of primary amides is 1. The number of aliphatic hydroxyl groups is 3. The highest BCUT2D eigenvalue weighted by Gasteiger charge is 2.37. The zero-order valence-corrected chi connectivity index (χ0v) is 25.0. The Morgan fingerprint density at radius 3 is 2.21 bits per heavy atom. The fourth-order valence-corrected chi connectivity index (χ4v) is 4.24. The summed E-state index contributed by atoms with van der Waals surface area (Å²) >= 11 is 0. The van der Waals surface area contributed by atoms with E-state index in [2.05, 4.69) is 42.2 Å². The molecule has 0 aromatic rings. The summed E-state index contributed by atoms with van der Waals surface area (Å²) in [7, 11) is 0. The van der Waals surface area contributed by atoms with Gasteiger partial charge in [-0.1, -0.05) is 0 Å². The summed E-state index contributed by atoms with van der Waals surface area (Å²) in [4.78, 5) is 93.8. The molecule has 2 unspecified atom stereocenters. The second kappa shape index (κ2) is 18.1. The molecule has 47 heavy (non-hydrogen) atoms. The predicted octanol–water partition coefficient (Wildman–Crippen LogP) is -9.27. The standard InChI is InChI=1S/C24H41N13O10/c25-3-1-2-9(26)17(41)31-11-5-29-22(46)16(10-4-15(40)36-23(27)35-10)37-19(43)12(6-30-24(28)47)32-20(44)13(7-38)34-21(45)14(8-39)33-18(11)42/h6,9-11,13-16,38-40H,1-5,7-8,25-26H2,(H,29,46)(H,31,41)(H,32,44)(H,33,42)(H,34,45)(H,37,43)(H3,27,35,36)(H3,28,30,47)/b12-6-/t9-,10+,11-,13-,14?,15-,16?/m1/s1. The summed E-state index contributed by atoms with van der Waals surface area (Å²) in [6, 6.07) is -10.2. The Bertz CT molecular complexity index is 1260. The van der Waals surface area contributed by atoms with Crippen LogP contribution < -0.4 is 65.5 Å². The maximum atomic E-state index is 13.5. The summed E-state index contributed by atoms with van der Waals surface area (Å²) in [5.41, 5.74) is 21.4. The Labute approximate surface area is 267 Å². The number of amides is 8. The Hall–Kier alpha value is -5.10. The van der Waals surface area contributed by atoms with Crippen molar-refractivity contribution in [3.63, 3.8) is 0 Å². The number of nitrogens with zero attached hydrogens (tertiary/aromatic N) is 1. The number of nitrogens with two attached hydrogens (primary N) is 4. The molecule has 2 aliphatic rings. The van der Waals surface area contributed by atoms with Gasteiger partial charge in [-0.05, 0) is 19.4 Å². The molecule has 1 saturated heterocycles. The van der Waals surface area contributed by atoms with E-state index < -0.39 is 109 Å². The molecule has 8 amide bonds. The van der Waals surface area contributed by atoms with Crippen LogP contribution in [-0.4, -0.2) is 132 Å². The lowest BCUT2D eigenvalue weighted by molar-refractivity contribution is -0.135. The minimum atomic E-state index is -1.78. The molecule has 0 aliphatic carbocycles. The monoisotopic (exact) mass is 671 g/mol. The lowest BCUT2D eigenvalue weighted by Gasteiger charge is -2.33. The van der Waals surface area contributed by atoms with Crippen molar-refractivity contribution in [2.24, 2.45) is 27.9 Å². The third-order valence-corrected chi connectivity index (χ3v) is 6.72. The number of guanidine groups is 1. The molecular weight excluding hydrogens is 630 g/mol. The minimum absolute atomic E-state index is 0.141. The lowest BCUT2D eigenvalue weighted by Crippen LogP contribution is -2.65. The highest BCUT2D eigenvalue weighted by Crippen LogP contribution is 2.11. The average molecular weight is 672 g/mol. The van der Waals surface area contributed by atoms with E-state index in [1.54, 1.807) is 0 Å². The van der Waals surface area contributed by atoms with Gasteiger partial charge in [-0.3, -0.25) is 28.8 Å². The number of nitrogens with one attached hydrogen (secondary N) is 8. The Morgan fingerprint density at radius 2 is 1.62 bits per heavy atom. The van der Waals surface area contributed by atoms with Gasteiger partial charge in [0.05, 0.1) is 25.3 Å². The van der Waals surface area contributed by atoms with Gasteiger partial charge in [0.25, 0.3) is 5.91 Å². The summed E-state index contributed by atoms with van der Waals surface area (Å²) in [5.74, 6) is -6.82. The topological polar surface area (TPSA) is 393 Å². The van der Waals surface area contributed by atoms with E-state index >= 15 is 0 Å². The third kappa shape index (κ3) is 11.6. The SMILES string of the molecule is NCCC[C@@H](N)C(=O)N[C@@H]1CNC(=O)C([C@@H]2C[C@@H](O)N=C(N)N2)NC(=O)/C(=C/NC(N)=O)NC(=O)[C@@H](CO)NC(=O)C(CO)NC1=O. The maximum absolute atomic E-state index is 13.5. The zero-order valence-electron chi connectivity index (χ0n) is 25.0. The molecule has 0 bridgehead atoms. The van der Waals surface area contributed by atoms with Crippen LogP contribution in [0.5, 0.6) is 0 Å². The van der Waals surface area contributed by atoms with E-state index in [0.717, 1.165) is 0 Å². The van der Waals surface area contributed by atoms with Crippen molar-refractivity contribution < 1.29 is 48.9 Å².